The van der Waals surface area contributed by atoms with Gasteiger partial charge >= 0.3 is 0 Å². The van der Waals surface area contributed by atoms with Gasteiger partial charge in [0, 0.05) is 37.9 Å². The molecule has 1 aromatic heterocycles. The molecular weight excluding hydrogens is 302 g/mol. The Morgan fingerprint density at radius 3 is 2.67 bits per heavy atom. The molecule has 5 heteroatoms. The second-order valence-corrected chi connectivity index (χ2v) is 6.27. The zero-order valence-electron chi connectivity index (χ0n) is 14.2. The average molecular weight is 325 g/mol. The summed E-state index contributed by atoms with van der Waals surface area (Å²) in [6, 6.07) is 13.7. The fraction of sp³-hybridized carbons (Fsp3) is 0.368. The van der Waals surface area contributed by atoms with Gasteiger partial charge in [-0.25, -0.2) is 4.98 Å². The van der Waals surface area contributed by atoms with Gasteiger partial charge in [-0.15, -0.1) is 0 Å². The highest BCUT2D eigenvalue weighted by molar-refractivity contribution is 5.94. The van der Waals surface area contributed by atoms with Crippen molar-refractivity contribution in [3.8, 4) is 5.88 Å². The molecule has 0 aliphatic carbocycles. The Hall–Kier alpha value is -2.40. The molecule has 3 rings (SSSR count). The number of aromatic nitrogens is 1. The number of rotatable bonds is 4. The van der Waals surface area contributed by atoms with Crippen LogP contribution in [0.2, 0.25) is 0 Å². The van der Waals surface area contributed by atoms with Crippen molar-refractivity contribution in [1.82, 2.24) is 14.8 Å². The van der Waals surface area contributed by atoms with E-state index in [9.17, 15) is 4.79 Å². The summed E-state index contributed by atoms with van der Waals surface area (Å²) < 4.78 is 5.66. The molecule has 1 amide bonds. The number of pyridine rings is 1. The standard InChI is InChI=1S/C19H23N3O2/c1-15-13-21(2)10-11-22(15)19(23)17-8-9-18(20-12-17)24-14-16-6-4-3-5-7-16/h3-9,12,15H,10-11,13-14H2,1-2H3. The maximum Gasteiger partial charge on any atom is 0.255 e. The largest absolute Gasteiger partial charge is 0.473 e. The van der Waals surface area contributed by atoms with Crippen LogP contribution in [-0.2, 0) is 6.61 Å². The molecule has 24 heavy (non-hydrogen) atoms. The minimum absolute atomic E-state index is 0.0395. The number of likely N-dealkylation sites (N-methyl/N-ethyl adjacent to an activating group) is 1. The van der Waals surface area contributed by atoms with E-state index in [1.54, 1.807) is 18.3 Å². The summed E-state index contributed by atoms with van der Waals surface area (Å²) in [7, 11) is 2.08. The number of amides is 1. The SMILES string of the molecule is CC1CN(C)CCN1C(=O)c1ccc(OCc2ccccc2)nc1. The minimum atomic E-state index is 0.0395. The molecule has 1 aliphatic rings. The van der Waals surface area contributed by atoms with Gasteiger partial charge in [0.2, 0.25) is 5.88 Å². The van der Waals surface area contributed by atoms with Crippen molar-refractivity contribution in [3.05, 3.63) is 59.8 Å². The third kappa shape index (κ3) is 3.92. The first-order valence-corrected chi connectivity index (χ1v) is 8.26. The van der Waals surface area contributed by atoms with Gasteiger partial charge in [-0.2, -0.15) is 0 Å². The van der Waals surface area contributed by atoms with E-state index in [4.69, 9.17) is 4.74 Å². The van der Waals surface area contributed by atoms with Crippen molar-refractivity contribution in [2.45, 2.75) is 19.6 Å². The Labute approximate surface area is 142 Å². The Morgan fingerprint density at radius 1 is 1.21 bits per heavy atom. The summed E-state index contributed by atoms with van der Waals surface area (Å²) >= 11 is 0. The second kappa shape index (κ2) is 7.45. The second-order valence-electron chi connectivity index (χ2n) is 6.27. The lowest BCUT2D eigenvalue weighted by molar-refractivity contribution is 0.0533. The maximum absolute atomic E-state index is 12.6. The minimum Gasteiger partial charge on any atom is -0.473 e. The van der Waals surface area contributed by atoms with Crippen molar-refractivity contribution in [2.75, 3.05) is 26.7 Å². The van der Waals surface area contributed by atoms with Crippen molar-refractivity contribution in [1.29, 1.82) is 0 Å². The summed E-state index contributed by atoms with van der Waals surface area (Å²) in [6.07, 6.45) is 1.60. The van der Waals surface area contributed by atoms with Crippen molar-refractivity contribution in [2.24, 2.45) is 0 Å². The monoisotopic (exact) mass is 325 g/mol. The zero-order valence-corrected chi connectivity index (χ0v) is 14.2. The number of nitrogens with zero attached hydrogens (tertiary/aromatic N) is 3. The first-order valence-electron chi connectivity index (χ1n) is 8.26. The van der Waals surface area contributed by atoms with Crippen LogP contribution in [0, 0.1) is 0 Å². The third-order valence-electron chi connectivity index (χ3n) is 4.30. The maximum atomic E-state index is 12.6. The lowest BCUT2D eigenvalue weighted by Gasteiger charge is -2.38. The Kier molecular flexibility index (Phi) is 5.11. The lowest BCUT2D eigenvalue weighted by atomic mass is 10.1. The van der Waals surface area contributed by atoms with E-state index in [1.165, 1.54) is 0 Å². The van der Waals surface area contributed by atoms with E-state index in [-0.39, 0.29) is 11.9 Å². The van der Waals surface area contributed by atoms with E-state index < -0.39 is 0 Å². The van der Waals surface area contributed by atoms with Crippen LogP contribution in [0.1, 0.15) is 22.8 Å². The molecule has 0 radical (unpaired) electrons. The molecule has 1 aromatic carbocycles. The fourth-order valence-electron chi connectivity index (χ4n) is 2.93. The van der Waals surface area contributed by atoms with Crippen LogP contribution >= 0.6 is 0 Å². The van der Waals surface area contributed by atoms with E-state index in [0.717, 1.165) is 25.2 Å². The first-order chi connectivity index (χ1) is 11.6. The van der Waals surface area contributed by atoms with E-state index in [0.29, 0.717) is 18.1 Å². The molecule has 0 N–H and O–H groups in total. The van der Waals surface area contributed by atoms with Gasteiger partial charge in [0.15, 0.2) is 0 Å². The fourth-order valence-corrected chi connectivity index (χ4v) is 2.93. The third-order valence-corrected chi connectivity index (χ3v) is 4.30. The first kappa shape index (κ1) is 16.5. The highest BCUT2D eigenvalue weighted by atomic mass is 16.5. The van der Waals surface area contributed by atoms with Crippen molar-refractivity contribution >= 4 is 5.91 Å². The Balaban J connectivity index is 1.60. The molecule has 126 valence electrons. The number of piperazine rings is 1. The predicted octanol–water partition coefficient (Wildman–Crippen LogP) is 2.44. The Bertz CT molecular complexity index is 673. The smallest absolute Gasteiger partial charge is 0.255 e. The summed E-state index contributed by atoms with van der Waals surface area (Å²) in [5.74, 6) is 0.569. The van der Waals surface area contributed by atoms with Crippen LogP contribution in [0.4, 0.5) is 0 Å². The molecule has 1 saturated heterocycles. The average Bonchev–Trinajstić information content (AvgIpc) is 2.61. The number of carbonyl (C=O) groups is 1. The highest BCUT2D eigenvalue weighted by Crippen LogP contribution is 2.15. The van der Waals surface area contributed by atoms with Gasteiger partial charge in [0.05, 0.1) is 5.56 Å². The molecular formula is C19H23N3O2. The number of benzene rings is 1. The molecule has 1 aliphatic heterocycles. The Morgan fingerprint density at radius 2 is 2.00 bits per heavy atom. The van der Waals surface area contributed by atoms with E-state index >= 15 is 0 Å². The zero-order chi connectivity index (χ0) is 16.9. The van der Waals surface area contributed by atoms with E-state index in [1.807, 2.05) is 35.2 Å². The van der Waals surface area contributed by atoms with Crippen LogP contribution < -0.4 is 4.74 Å². The van der Waals surface area contributed by atoms with Crippen LogP contribution in [0.15, 0.2) is 48.7 Å². The quantitative estimate of drug-likeness (QED) is 0.866. The number of ether oxygens (including phenoxy) is 1. The molecule has 2 heterocycles. The van der Waals surface area contributed by atoms with Gasteiger partial charge in [-0.05, 0) is 25.6 Å². The molecule has 5 nitrogen and oxygen atoms in total. The van der Waals surface area contributed by atoms with Crippen LogP contribution in [-0.4, -0.2) is 53.4 Å². The molecule has 2 aromatic rings. The summed E-state index contributed by atoms with van der Waals surface area (Å²) in [5, 5.41) is 0. The lowest BCUT2D eigenvalue weighted by Crippen LogP contribution is -2.52. The normalized spacial score (nSPS) is 18.4. The van der Waals surface area contributed by atoms with Crippen molar-refractivity contribution in [3.63, 3.8) is 0 Å². The van der Waals surface area contributed by atoms with Crippen molar-refractivity contribution < 1.29 is 9.53 Å². The van der Waals surface area contributed by atoms with Gasteiger partial charge < -0.3 is 14.5 Å². The molecule has 0 bridgehead atoms. The van der Waals surface area contributed by atoms with Crippen LogP contribution in [0.5, 0.6) is 5.88 Å². The summed E-state index contributed by atoms with van der Waals surface area (Å²) in [5.41, 5.74) is 1.70. The van der Waals surface area contributed by atoms with E-state index in [2.05, 4.69) is 23.9 Å². The van der Waals surface area contributed by atoms with Gasteiger partial charge in [0.1, 0.15) is 6.61 Å². The number of hydrogen-bond donors (Lipinski definition) is 0. The molecule has 1 unspecified atom stereocenters. The van der Waals surface area contributed by atoms with Crippen LogP contribution in [0.25, 0.3) is 0 Å². The molecule has 0 spiro atoms. The topological polar surface area (TPSA) is 45.7 Å². The van der Waals surface area contributed by atoms with Crippen LogP contribution in [0.3, 0.4) is 0 Å². The summed E-state index contributed by atoms with van der Waals surface area (Å²) in [4.78, 5) is 21.1. The molecule has 1 fully saturated rings. The van der Waals surface area contributed by atoms with Gasteiger partial charge in [0.25, 0.3) is 5.91 Å². The van der Waals surface area contributed by atoms with Gasteiger partial charge in [-0.1, -0.05) is 30.3 Å². The summed E-state index contributed by atoms with van der Waals surface area (Å²) in [6.45, 7) is 5.11. The number of hydrogen-bond acceptors (Lipinski definition) is 4. The number of carbonyl (C=O) groups excluding carboxylic acids is 1. The van der Waals surface area contributed by atoms with Gasteiger partial charge in [-0.3, -0.25) is 4.79 Å². The predicted molar refractivity (Wildman–Crippen MR) is 93.0 cm³/mol. The molecule has 0 saturated carbocycles. The highest BCUT2D eigenvalue weighted by Gasteiger charge is 2.26. The molecule has 1 atom stereocenters.